The quantitative estimate of drug-likeness (QED) is 0.493. The second-order valence-electron chi connectivity index (χ2n) is 8.07. The normalized spacial score (nSPS) is 11.9. The Morgan fingerprint density at radius 3 is 2.28 bits per heavy atom. The first-order valence-corrected chi connectivity index (χ1v) is 11.5. The largest absolute Gasteiger partial charge is 0.342 e. The first-order chi connectivity index (χ1) is 15.2. The standard InChI is InChI=1S/C24H29N5O2S/c1-15(2)18-10-12-20(13-11-18)26-21(30)14-32-24-28-27-22(29(24)5)17(4)25-23(31)19-8-6-16(3)7-9-19/h6-13,15,17H,14H2,1-5H3,(H,25,31)(H,26,30)/t17-/m1/s1. The predicted octanol–water partition coefficient (Wildman–Crippen LogP) is 4.47. The average Bonchev–Trinajstić information content (AvgIpc) is 3.13. The zero-order valence-corrected chi connectivity index (χ0v) is 19.9. The molecule has 7 nitrogen and oxygen atoms in total. The number of aryl methyl sites for hydroxylation is 1. The van der Waals surface area contributed by atoms with Gasteiger partial charge in [0.15, 0.2) is 11.0 Å². The molecule has 0 spiro atoms. The first-order valence-electron chi connectivity index (χ1n) is 10.5. The number of benzene rings is 2. The summed E-state index contributed by atoms with van der Waals surface area (Å²) in [5.74, 6) is 0.999. The smallest absolute Gasteiger partial charge is 0.251 e. The van der Waals surface area contributed by atoms with Crippen molar-refractivity contribution in [2.24, 2.45) is 7.05 Å². The highest BCUT2D eigenvalue weighted by atomic mass is 32.2. The van der Waals surface area contributed by atoms with Gasteiger partial charge >= 0.3 is 0 Å². The molecule has 0 saturated carbocycles. The summed E-state index contributed by atoms with van der Waals surface area (Å²) in [6.07, 6.45) is 0. The number of hydrogen-bond acceptors (Lipinski definition) is 5. The minimum Gasteiger partial charge on any atom is -0.342 e. The number of nitrogens with one attached hydrogen (secondary N) is 2. The van der Waals surface area contributed by atoms with Gasteiger partial charge in [-0.15, -0.1) is 10.2 Å². The molecule has 0 aliphatic rings. The number of carbonyl (C=O) groups excluding carboxylic acids is 2. The Morgan fingerprint density at radius 1 is 1.00 bits per heavy atom. The zero-order chi connectivity index (χ0) is 23.3. The summed E-state index contributed by atoms with van der Waals surface area (Å²) >= 11 is 1.30. The van der Waals surface area contributed by atoms with Gasteiger partial charge in [0.1, 0.15) is 0 Å². The van der Waals surface area contributed by atoms with Crippen molar-refractivity contribution in [2.75, 3.05) is 11.1 Å². The summed E-state index contributed by atoms with van der Waals surface area (Å²) < 4.78 is 1.80. The molecule has 0 fully saturated rings. The molecule has 2 amide bonds. The molecule has 0 aliphatic carbocycles. The molecule has 168 valence electrons. The van der Waals surface area contributed by atoms with Crippen molar-refractivity contribution < 1.29 is 9.59 Å². The van der Waals surface area contributed by atoms with Gasteiger partial charge in [0.2, 0.25) is 5.91 Å². The number of aromatic nitrogens is 3. The molecule has 3 rings (SSSR count). The maximum Gasteiger partial charge on any atom is 0.251 e. The minimum absolute atomic E-state index is 0.113. The molecule has 1 aromatic heterocycles. The number of hydrogen-bond donors (Lipinski definition) is 2. The van der Waals surface area contributed by atoms with Crippen LogP contribution in [0.5, 0.6) is 0 Å². The van der Waals surface area contributed by atoms with E-state index in [-0.39, 0.29) is 23.6 Å². The fourth-order valence-corrected chi connectivity index (χ4v) is 3.88. The molecular formula is C24H29N5O2S. The number of anilines is 1. The molecule has 1 atom stereocenters. The van der Waals surface area contributed by atoms with Crippen LogP contribution in [-0.4, -0.2) is 32.3 Å². The van der Waals surface area contributed by atoms with Crippen LogP contribution in [0.3, 0.4) is 0 Å². The molecule has 0 unspecified atom stereocenters. The average molecular weight is 452 g/mol. The predicted molar refractivity (Wildman–Crippen MR) is 128 cm³/mol. The van der Waals surface area contributed by atoms with Crippen LogP contribution in [0.25, 0.3) is 0 Å². The van der Waals surface area contributed by atoms with Crippen molar-refractivity contribution in [3.8, 4) is 0 Å². The van der Waals surface area contributed by atoms with E-state index in [4.69, 9.17) is 0 Å². The SMILES string of the molecule is Cc1ccc(C(=O)N[C@H](C)c2nnc(SCC(=O)Nc3ccc(C(C)C)cc3)n2C)cc1. The molecule has 2 aromatic carbocycles. The Balaban J connectivity index is 1.55. The Morgan fingerprint density at radius 2 is 1.66 bits per heavy atom. The summed E-state index contributed by atoms with van der Waals surface area (Å²) in [5.41, 5.74) is 3.69. The fourth-order valence-electron chi connectivity index (χ4n) is 3.16. The Kier molecular flexibility index (Phi) is 7.69. The van der Waals surface area contributed by atoms with E-state index in [1.54, 1.807) is 16.7 Å². The number of amides is 2. The van der Waals surface area contributed by atoms with Gasteiger partial charge in [0.05, 0.1) is 11.8 Å². The molecule has 0 radical (unpaired) electrons. The van der Waals surface area contributed by atoms with Crippen LogP contribution in [0, 0.1) is 6.92 Å². The van der Waals surface area contributed by atoms with Crippen LogP contribution >= 0.6 is 11.8 Å². The highest BCUT2D eigenvalue weighted by molar-refractivity contribution is 7.99. The van der Waals surface area contributed by atoms with Crippen LogP contribution in [-0.2, 0) is 11.8 Å². The van der Waals surface area contributed by atoms with Crippen molar-refractivity contribution in [3.05, 3.63) is 71.0 Å². The van der Waals surface area contributed by atoms with Crippen LogP contribution in [0.2, 0.25) is 0 Å². The number of carbonyl (C=O) groups is 2. The molecule has 0 saturated heterocycles. The van der Waals surface area contributed by atoms with Gasteiger partial charge in [-0.2, -0.15) is 0 Å². The summed E-state index contributed by atoms with van der Waals surface area (Å²) in [6.45, 7) is 8.10. The summed E-state index contributed by atoms with van der Waals surface area (Å²) in [7, 11) is 1.83. The van der Waals surface area contributed by atoms with E-state index in [1.807, 2.05) is 57.3 Å². The zero-order valence-electron chi connectivity index (χ0n) is 19.0. The third-order valence-corrected chi connectivity index (χ3v) is 6.13. The first kappa shape index (κ1) is 23.5. The number of nitrogens with zero attached hydrogens (tertiary/aromatic N) is 3. The van der Waals surface area contributed by atoms with E-state index in [0.29, 0.717) is 22.5 Å². The Bertz CT molecular complexity index is 1070. The third-order valence-electron chi connectivity index (χ3n) is 5.11. The molecule has 1 heterocycles. The van der Waals surface area contributed by atoms with E-state index >= 15 is 0 Å². The van der Waals surface area contributed by atoms with E-state index < -0.39 is 0 Å². The van der Waals surface area contributed by atoms with Gasteiger partial charge in [-0.05, 0) is 49.6 Å². The van der Waals surface area contributed by atoms with E-state index in [2.05, 4.69) is 34.7 Å². The van der Waals surface area contributed by atoms with E-state index in [0.717, 1.165) is 11.3 Å². The van der Waals surface area contributed by atoms with E-state index in [1.165, 1.54) is 17.3 Å². The van der Waals surface area contributed by atoms with Gasteiger partial charge in [-0.3, -0.25) is 9.59 Å². The highest BCUT2D eigenvalue weighted by Crippen LogP contribution is 2.21. The Hall–Kier alpha value is -3.13. The third kappa shape index (κ3) is 5.97. The van der Waals surface area contributed by atoms with Crippen molar-refractivity contribution in [1.29, 1.82) is 0 Å². The second kappa shape index (κ2) is 10.5. The van der Waals surface area contributed by atoms with Gasteiger partial charge in [0.25, 0.3) is 5.91 Å². The minimum atomic E-state index is -0.330. The summed E-state index contributed by atoms with van der Waals surface area (Å²) in [4.78, 5) is 24.8. The molecule has 8 heteroatoms. The lowest BCUT2D eigenvalue weighted by Gasteiger charge is -2.14. The van der Waals surface area contributed by atoms with Crippen LogP contribution < -0.4 is 10.6 Å². The van der Waals surface area contributed by atoms with Gasteiger partial charge < -0.3 is 15.2 Å². The topological polar surface area (TPSA) is 88.9 Å². The monoisotopic (exact) mass is 451 g/mol. The van der Waals surface area contributed by atoms with E-state index in [9.17, 15) is 9.59 Å². The van der Waals surface area contributed by atoms with Crippen molar-refractivity contribution in [1.82, 2.24) is 20.1 Å². The molecule has 3 aromatic rings. The lowest BCUT2D eigenvalue weighted by atomic mass is 10.0. The fraction of sp³-hybridized carbons (Fsp3) is 0.333. The highest BCUT2D eigenvalue weighted by Gasteiger charge is 2.19. The summed E-state index contributed by atoms with van der Waals surface area (Å²) in [5, 5.41) is 14.9. The molecule has 32 heavy (non-hydrogen) atoms. The van der Waals surface area contributed by atoms with Crippen molar-refractivity contribution in [3.63, 3.8) is 0 Å². The lowest BCUT2D eigenvalue weighted by Crippen LogP contribution is -2.28. The van der Waals surface area contributed by atoms with Crippen LogP contribution in [0.15, 0.2) is 53.7 Å². The summed E-state index contributed by atoms with van der Waals surface area (Å²) in [6, 6.07) is 14.9. The molecule has 2 N–H and O–H groups in total. The van der Waals surface area contributed by atoms with Crippen molar-refractivity contribution >= 4 is 29.3 Å². The van der Waals surface area contributed by atoms with Gasteiger partial charge in [-0.25, -0.2) is 0 Å². The Labute approximate surface area is 193 Å². The molecule has 0 bridgehead atoms. The van der Waals surface area contributed by atoms with Crippen LogP contribution in [0.1, 0.15) is 60.0 Å². The van der Waals surface area contributed by atoms with Gasteiger partial charge in [0, 0.05) is 18.3 Å². The maximum absolute atomic E-state index is 12.5. The van der Waals surface area contributed by atoms with Gasteiger partial charge in [-0.1, -0.05) is 55.4 Å². The van der Waals surface area contributed by atoms with Crippen LogP contribution in [0.4, 0.5) is 5.69 Å². The van der Waals surface area contributed by atoms with Crippen molar-refractivity contribution in [2.45, 2.75) is 44.8 Å². The second-order valence-corrected chi connectivity index (χ2v) is 9.02. The lowest BCUT2D eigenvalue weighted by molar-refractivity contribution is -0.113. The molecule has 0 aliphatic heterocycles. The number of rotatable bonds is 8. The maximum atomic E-state index is 12.5. The number of thioether (sulfide) groups is 1. The molecular weight excluding hydrogens is 422 g/mol.